The van der Waals surface area contributed by atoms with E-state index in [0.29, 0.717) is 12.0 Å². The van der Waals surface area contributed by atoms with Gasteiger partial charge >= 0.3 is 0 Å². The first kappa shape index (κ1) is 13.3. The Balaban J connectivity index is 2.50. The summed E-state index contributed by atoms with van der Waals surface area (Å²) < 4.78 is 0. The summed E-state index contributed by atoms with van der Waals surface area (Å²) in [4.78, 5) is 6.82. The van der Waals surface area contributed by atoms with Crippen molar-refractivity contribution < 1.29 is 0 Å². The monoisotopic (exact) mass is 226 g/mol. The third-order valence-corrected chi connectivity index (χ3v) is 3.40. The van der Waals surface area contributed by atoms with Crippen molar-refractivity contribution in [2.75, 3.05) is 13.6 Å². The average Bonchev–Trinajstić information content (AvgIpc) is 2.78. The first-order valence-electron chi connectivity index (χ1n) is 6.42. The molecular weight excluding hydrogens is 200 g/mol. The zero-order chi connectivity index (χ0) is 12.0. The number of hydrogen-bond acceptors (Lipinski definition) is 2. The minimum Gasteiger partial charge on any atom is -0.345 e. The normalized spacial score (nSPS) is 19.9. The molecule has 0 aromatic carbocycles. The summed E-state index contributed by atoms with van der Waals surface area (Å²) >= 11 is 0. The maximum atomic E-state index is 5.55. The van der Waals surface area contributed by atoms with Crippen molar-refractivity contribution in [1.29, 1.82) is 0 Å². The van der Waals surface area contributed by atoms with Gasteiger partial charge in [0.25, 0.3) is 0 Å². The number of hydrogen-bond donors (Lipinski definition) is 2. The van der Waals surface area contributed by atoms with Crippen LogP contribution in [-0.4, -0.2) is 30.5 Å². The SMILES string of the molecule is CCC(C)CN(C)C(=NC1CCCC1)NN. The molecule has 4 nitrogen and oxygen atoms in total. The average molecular weight is 226 g/mol. The number of hydrazine groups is 1. The van der Waals surface area contributed by atoms with Crippen LogP contribution in [0.1, 0.15) is 46.0 Å². The van der Waals surface area contributed by atoms with Crippen LogP contribution in [0.3, 0.4) is 0 Å². The van der Waals surface area contributed by atoms with Crippen LogP contribution in [-0.2, 0) is 0 Å². The van der Waals surface area contributed by atoms with Crippen LogP contribution in [0.25, 0.3) is 0 Å². The molecule has 1 saturated carbocycles. The van der Waals surface area contributed by atoms with Gasteiger partial charge < -0.3 is 4.90 Å². The fourth-order valence-electron chi connectivity index (χ4n) is 2.14. The largest absolute Gasteiger partial charge is 0.345 e. The van der Waals surface area contributed by atoms with E-state index in [1.165, 1.54) is 32.1 Å². The number of rotatable bonds is 4. The van der Waals surface area contributed by atoms with Crippen molar-refractivity contribution in [3.05, 3.63) is 0 Å². The Bertz CT molecular complexity index is 221. The molecule has 1 rings (SSSR count). The van der Waals surface area contributed by atoms with E-state index in [1.807, 2.05) is 0 Å². The fraction of sp³-hybridized carbons (Fsp3) is 0.917. The highest BCUT2D eigenvalue weighted by atomic mass is 15.4. The van der Waals surface area contributed by atoms with Crippen LogP contribution in [0.5, 0.6) is 0 Å². The molecule has 1 unspecified atom stereocenters. The predicted octanol–water partition coefficient (Wildman–Crippen LogP) is 1.73. The van der Waals surface area contributed by atoms with Crippen LogP contribution < -0.4 is 11.3 Å². The fourth-order valence-corrected chi connectivity index (χ4v) is 2.14. The first-order valence-corrected chi connectivity index (χ1v) is 6.42. The van der Waals surface area contributed by atoms with Gasteiger partial charge in [0.2, 0.25) is 5.96 Å². The lowest BCUT2D eigenvalue weighted by Gasteiger charge is -2.24. The number of guanidine groups is 1. The molecule has 1 fully saturated rings. The minimum atomic E-state index is 0.477. The zero-order valence-electron chi connectivity index (χ0n) is 10.9. The molecule has 3 N–H and O–H groups in total. The van der Waals surface area contributed by atoms with Gasteiger partial charge in [0.1, 0.15) is 0 Å². The molecule has 0 bridgehead atoms. The summed E-state index contributed by atoms with van der Waals surface area (Å²) in [6.45, 7) is 5.47. The Morgan fingerprint density at radius 1 is 1.50 bits per heavy atom. The second kappa shape index (κ2) is 6.74. The Morgan fingerprint density at radius 2 is 2.12 bits per heavy atom. The van der Waals surface area contributed by atoms with E-state index in [4.69, 9.17) is 5.84 Å². The summed E-state index contributed by atoms with van der Waals surface area (Å²) in [5, 5.41) is 0. The Labute approximate surface area is 99.3 Å². The molecule has 0 radical (unpaired) electrons. The highest BCUT2D eigenvalue weighted by molar-refractivity contribution is 5.79. The third-order valence-electron chi connectivity index (χ3n) is 3.40. The van der Waals surface area contributed by atoms with E-state index in [9.17, 15) is 0 Å². The molecule has 0 heterocycles. The lowest BCUT2D eigenvalue weighted by Crippen LogP contribution is -2.45. The molecule has 0 aromatic rings. The van der Waals surface area contributed by atoms with E-state index >= 15 is 0 Å². The van der Waals surface area contributed by atoms with Crippen LogP contribution in [0.2, 0.25) is 0 Å². The summed E-state index contributed by atoms with van der Waals surface area (Å²) in [5.74, 6) is 7.06. The quantitative estimate of drug-likeness (QED) is 0.332. The third kappa shape index (κ3) is 4.00. The van der Waals surface area contributed by atoms with E-state index < -0.39 is 0 Å². The molecule has 0 aliphatic heterocycles. The highest BCUT2D eigenvalue weighted by Gasteiger charge is 2.16. The van der Waals surface area contributed by atoms with Gasteiger partial charge in [0.15, 0.2) is 0 Å². The van der Waals surface area contributed by atoms with E-state index in [1.54, 1.807) is 0 Å². The van der Waals surface area contributed by atoms with Crippen molar-refractivity contribution >= 4 is 5.96 Å². The number of nitrogens with zero attached hydrogens (tertiary/aromatic N) is 2. The Morgan fingerprint density at radius 3 is 2.62 bits per heavy atom. The second-order valence-corrected chi connectivity index (χ2v) is 4.93. The predicted molar refractivity (Wildman–Crippen MR) is 69.1 cm³/mol. The van der Waals surface area contributed by atoms with Gasteiger partial charge in [-0.1, -0.05) is 33.1 Å². The van der Waals surface area contributed by atoms with Crippen molar-refractivity contribution in [2.45, 2.75) is 52.0 Å². The smallest absolute Gasteiger partial charge is 0.208 e. The van der Waals surface area contributed by atoms with Crippen molar-refractivity contribution in [1.82, 2.24) is 10.3 Å². The summed E-state index contributed by atoms with van der Waals surface area (Å²) in [6.07, 6.45) is 6.22. The summed E-state index contributed by atoms with van der Waals surface area (Å²) in [6, 6.07) is 0.477. The molecule has 16 heavy (non-hydrogen) atoms. The number of nitrogens with two attached hydrogens (primary N) is 1. The lowest BCUT2D eigenvalue weighted by atomic mass is 10.1. The van der Waals surface area contributed by atoms with Crippen LogP contribution in [0.15, 0.2) is 4.99 Å². The Kier molecular flexibility index (Phi) is 5.60. The minimum absolute atomic E-state index is 0.477. The lowest BCUT2D eigenvalue weighted by molar-refractivity contribution is 0.383. The number of nitrogens with one attached hydrogen (secondary N) is 1. The van der Waals surface area contributed by atoms with Crippen LogP contribution >= 0.6 is 0 Å². The molecule has 1 aliphatic rings. The van der Waals surface area contributed by atoms with Gasteiger partial charge in [-0.05, 0) is 18.8 Å². The molecule has 4 heteroatoms. The molecule has 0 saturated heterocycles. The van der Waals surface area contributed by atoms with E-state index in [-0.39, 0.29) is 0 Å². The Hall–Kier alpha value is -0.770. The molecule has 0 spiro atoms. The first-order chi connectivity index (χ1) is 7.67. The van der Waals surface area contributed by atoms with Crippen LogP contribution in [0.4, 0.5) is 0 Å². The summed E-state index contributed by atoms with van der Waals surface area (Å²) in [5.41, 5.74) is 2.73. The molecule has 0 amide bonds. The standard InChI is InChI=1S/C12H26N4/c1-4-10(2)9-16(3)12(15-13)14-11-7-5-6-8-11/h10-11H,4-9,13H2,1-3H3,(H,14,15). The summed E-state index contributed by atoms with van der Waals surface area (Å²) in [7, 11) is 2.06. The van der Waals surface area contributed by atoms with Crippen molar-refractivity contribution in [3.63, 3.8) is 0 Å². The van der Waals surface area contributed by atoms with Gasteiger partial charge in [0, 0.05) is 13.6 Å². The van der Waals surface area contributed by atoms with Crippen LogP contribution in [0, 0.1) is 5.92 Å². The maximum absolute atomic E-state index is 5.55. The van der Waals surface area contributed by atoms with Gasteiger partial charge in [-0.15, -0.1) is 0 Å². The van der Waals surface area contributed by atoms with Gasteiger partial charge in [-0.2, -0.15) is 0 Å². The molecule has 1 aliphatic carbocycles. The maximum Gasteiger partial charge on any atom is 0.208 e. The second-order valence-electron chi connectivity index (χ2n) is 4.93. The van der Waals surface area contributed by atoms with Gasteiger partial charge in [-0.3, -0.25) is 5.43 Å². The molecular formula is C12H26N4. The highest BCUT2D eigenvalue weighted by Crippen LogP contribution is 2.21. The van der Waals surface area contributed by atoms with Gasteiger partial charge in [0.05, 0.1) is 6.04 Å². The molecule has 1 atom stereocenters. The van der Waals surface area contributed by atoms with Gasteiger partial charge in [-0.25, -0.2) is 10.8 Å². The zero-order valence-corrected chi connectivity index (χ0v) is 10.9. The van der Waals surface area contributed by atoms with E-state index in [0.717, 1.165) is 12.5 Å². The van der Waals surface area contributed by atoms with E-state index in [2.05, 4.69) is 36.2 Å². The molecule has 94 valence electrons. The van der Waals surface area contributed by atoms with Crippen molar-refractivity contribution in [2.24, 2.45) is 16.8 Å². The number of aliphatic imine (C=N–C) groups is 1. The molecule has 0 aromatic heterocycles. The van der Waals surface area contributed by atoms with Crippen molar-refractivity contribution in [3.8, 4) is 0 Å². The topological polar surface area (TPSA) is 53.6 Å².